The van der Waals surface area contributed by atoms with E-state index in [1.807, 2.05) is 39.0 Å². The molecule has 6 nitrogen and oxygen atoms in total. The molecular formula is C20H27N3O3S. The van der Waals surface area contributed by atoms with Crippen LogP contribution in [0.2, 0.25) is 0 Å². The van der Waals surface area contributed by atoms with Crippen LogP contribution in [-0.2, 0) is 16.6 Å². The summed E-state index contributed by atoms with van der Waals surface area (Å²) in [5.41, 5.74) is 7.73. The molecule has 0 radical (unpaired) electrons. The van der Waals surface area contributed by atoms with Crippen molar-refractivity contribution in [1.29, 1.82) is 0 Å². The van der Waals surface area contributed by atoms with Crippen molar-refractivity contribution in [3.05, 3.63) is 65.2 Å². The zero-order valence-electron chi connectivity index (χ0n) is 16.0. The van der Waals surface area contributed by atoms with Crippen LogP contribution in [0, 0.1) is 0 Å². The standard InChI is InChI=1S/C20H27N3O3S/c1-4-23(5-2)27(25,26)19-11-9-17(10-12-19)15(3)22-14-16-7-6-8-18(13-16)20(21)24/h6-13,15,22H,4-5,14H2,1-3H3,(H2,21,24). The van der Waals surface area contributed by atoms with E-state index in [2.05, 4.69) is 5.32 Å². The summed E-state index contributed by atoms with van der Waals surface area (Å²) in [6, 6.07) is 14.1. The number of nitrogens with one attached hydrogen (secondary N) is 1. The number of carbonyl (C=O) groups is 1. The highest BCUT2D eigenvalue weighted by Gasteiger charge is 2.21. The fourth-order valence-electron chi connectivity index (χ4n) is 2.86. The Morgan fingerprint density at radius 2 is 1.74 bits per heavy atom. The van der Waals surface area contributed by atoms with E-state index in [-0.39, 0.29) is 6.04 Å². The molecular weight excluding hydrogens is 362 g/mol. The Morgan fingerprint density at radius 3 is 2.30 bits per heavy atom. The van der Waals surface area contributed by atoms with Crippen molar-refractivity contribution >= 4 is 15.9 Å². The first-order valence-electron chi connectivity index (χ1n) is 9.01. The third-order valence-electron chi connectivity index (χ3n) is 4.55. The van der Waals surface area contributed by atoms with Crippen LogP contribution in [-0.4, -0.2) is 31.7 Å². The monoisotopic (exact) mass is 389 g/mol. The van der Waals surface area contributed by atoms with Crippen LogP contribution in [0.25, 0.3) is 0 Å². The summed E-state index contributed by atoms with van der Waals surface area (Å²) >= 11 is 0. The van der Waals surface area contributed by atoms with Crippen molar-refractivity contribution in [3.63, 3.8) is 0 Å². The molecule has 0 heterocycles. The molecule has 1 atom stereocenters. The minimum atomic E-state index is -3.44. The summed E-state index contributed by atoms with van der Waals surface area (Å²) in [7, 11) is -3.44. The normalized spacial score (nSPS) is 12.9. The molecule has 27 heavy (non-hydrogen) atoms. The van der Waals surface area contributed by atoms with Crippen molar-refractivity contribution < 1.29 is 13.2 Å². The Balaban J connectivity index is 2.06. The molecule has 0 bridgehead atoms. The van der Waals surface area contributed by atoms with Crippen LogP contribution in [0.15, 0.2) is 53.4 Å². The first-order valence-corrected chi connectivity index (χ1v) is 10.5. The fourth-order valence-corrected chi connectivity index (χ4v) is 4.32. The van der Waals surface area contributed by atoms with Crippen LogP contribution in [0.1, 0.15) is 48.3 Å². The van der Waals surface area contributed by atoms with Crippen molar-refractivity contribution in [2.45, 2.75) is 38.3 Å². The van der Waals surface area contributed by atoms with Gasteiger partial charge >= 0.3 is 0 Å². The van der Waals surface area contributed by atoms with Crippen LogP contribution in [0.4, 0.5) is 0 Å². The second kappa shape index (κ2) is 9.12. The van der Waals surface area contributed by atoms with Gasteiger partial charge in [0, 0.05) is 31.2 Å². The van der Waals surface area contributed by atoms with Gasteiger partial charge in [-0.15, -0.1) is 0 Å². The maximum absolute atomic E-state index is 12.5. The van der Waals surface area contributed by atoms with E-state index in [4.69, 9.17) is 5.73 Å². The first kappa shape index (κ1) is 21.1. The van der Waals surface area contributed by atoms with Gasteiger partial charge in [0.25, 0.3) is 0 Å². The topological polar surface area (TPSA) is 92.5 Å². The van der Waals surface area contributed by atoms with Crippen molar-refractivity contribution in [1.82, 2.24) is 9.62 Å². The van der Waals surface area contributed by atoms with Crippen LogP contribution in [0.5, 0.6) is 0 Å². The predicted molar refractivity (Wildman–Crippen MR) is 107 cm³/mol. The van der Waals surface area contributed by atoms with Crippen LogP contribution in [0.3, 0.4) is 0 Å². The van der Waals surface area contributed by atoms with Gasteiger partial charge in [0.15, 0.2) is 0 Å². The summed E-state index contributed by atoms with van der Waals surface area (Å²) < 4.78 is 26.5. The molecule has 0 saturated heterocycles. The molecule has 2 aromatic rings. The zero-order chi connectivity index (χ0) is 20.0. The van der Waals surface area contributed by atoms with Gasteiger partial charge < -0.3 is 11.1 Å². The van der Waals surface area contributed by atoms with Gasteiger partial charge in [0.2, 0.25) is 15.9 Å². The lowest BCUT2D eigenvalue weighted by atomic mass is 10.1. The molecule has 7 heteroatoms. The highest BCUT2D eigenvalue weighted by Crippen LogP contribution is 2.20. The minimum absolute atomic E-state index is 0.0208. The highest BCUT2D eigenvalue weighted by molar-refractivity contribution is 7.89. The molecule has 1 unspecified atom stereocenters. The predicted octanol–water partition coefficient (Wildman–Crippen LogP) is 2.67. The summed E-state index contributed by atoms with van der Waals surface area (Å²) in [5, 5.41) is 3.37. The quantitative estimate of drug-likeness (QED) is 0.690. The Kier molecular flexibility index (Phi) is 7.12. The summed E-state index contributed by atoms with van der Waals surface area (Å²) in [5.74, 6) is -0.449. The number of nitrogens with zero attached hydrogens (tertiary/aromatic N) is 1. The highest BCUT2D eigenvalue weighted by atomic mass is 32.2. The van der Waals surface area contributed by atoms with Gasteiger partial charge in [-0.25, -0.2) is 8.42 Å². The summed E-state index contributed by atoms with van der Waals surface area (Å²) in [4.78, 5) is 11.6. The molecule has 0 spiro atoms. The molecule has 2 aromatic carbocycles. The van der Waals surface area contributed by atoms with Crippen molar-refractivity contribution in [2.75, 3.05) is 13.1 Å². The summed E-state index contributed by atoms with van der Waals surface area (Å²) in [6.07, 6.45) is 0. The maximum Gasteiger partial charge on any atom is 0.248 e. The van der Waals surface area contributed by atoms with Gasteiger partial charge in [-0.3, -0.25) is 4.79 Å². The van der Waals surface area contributed by atoms with Gasteiger partial charge in [0.05, 0.1) is 4.90 Å². The number of rotatable bonds is 9. The number of carbonyl (C=O) groups excluding carboxylic acids is 1. The van der Waals surface area contributed by atoms with E-state index in [1.54, 1.807) is 30.3 Å². The molecule has 2 rings (SSSR count). The number of benzene rings is 2. The largest absolute Gasteiger partial charge is 0.366 e. The SMILES string of the molecule is CCN(CC)S(=O)(=O)c1ccc(C(C)NCc2cccc(C(N)=O)c2)cc1. The molecule has 0 aliphatic rings. The fraction of sp³-hybridized carbons (Fsp3) is 0.350. The first-order chi connectivity index (χ1) is 12.8. The van der Waals surface area contributed by atoms with E-state index in [0.717, 1.165) is 11.1 Å². The maximum atomic E-state index is 12.5. The van der Waals surface area contributed by atoms with Crippen molar-refractivity contribution in [2.24, 2.45) is 5.73 Å². The van der Waals surface area contributed by atoms with Crippen LogP contribution < -0.4 is 11.1 Å². The second-order valence-electron chi connectivity index (χ2n) is 6.33. The Morgan fingerprint density at radius 1 is 1.11 bits per heavy atom. The Hall–Kier alpha value is -2.22. The molecule has 0 aliphatic carbocycles. The summed E-state index contributed by atoms with van der Waals surface area (Å²) in [6.45, 7) is 7.13. The molecule has 1 amide bonds. The average molecular weight is 390 g/mol. The number of sulfonamides is 1. The van der Waals surface area contributed by atoms with E-state index in [9.17, 15) is 13.2 Å². The number of amides is 1. The third kappa shape index (κ3) is 5.15. The van der Waals surface area contributed by atoms with Gasteiger partial charge in [-0.2, -0.15) is 4.31 Å². The number of hydrogen-bond donors (Lipinski definition) is 2. The number of hydrogen-bond acceptors (Lipinski definition) is 4. The average Bonchev–Trinajstić information content (AvgIpc) is 2.67. The lowest BCUT2D eigenvalue weighted by molar-refractivity contribution is 0.1000. The minimum Gasteiger partial charge on any atom is -0.366 e. The van der Waals surface area contributed by atoms with E-state index < -0.39 is 15.9 Å². The van der Waals surface area contributed by atoms with Crippen molar-refractivity contribution in [3.8, 4) is 0 Å². The number of primary amides is 1. The number of nitrogens with two attached hydrogens (primary N) is 1. The van der Waals surface area contributed by atoms with E-state index in [1.165, 1.54) is 4.31 Å². The van der Waals surface area contributed by atoms with Gasteiger partial charge in [-0.05, 0) is 42.3 Å². The smallest absolute Gasteiger partial charge is 0.248 e. The third-order valence-corrected chi connectivity index (χ3v) is 6.61. The van der Waals surface area contributed by atoms with Crippen LogP contribution >= 0.6 is 0 Å². The van der Waals surface area contributed by atoms with Gasteiger partial charge in [-0.1, -0.05) is 38.1 Å². The Labute approximate surface area is 161 Å². The molecule has 0 saturated carbocycles. The van der Waals surface area contributed by atoms with E-state index >= 15 is 0 Å². The molecule has 0 aromatic heterocycles. The molecule has 0 aliphatic heterocycles. The molecule has 3 N–H and O–H groups in total. The Bertz CT molecular complexity index is 876. The lowest BCUT2D eigenvalue weighted by Gasteiger charge is -2.19. The lowest BCUT2D eigenvalue weighted by Crippen LogP contribution is -2.30. The zero-order valence-corrected chi connectivity index (χ0v) is 16.8. The molecule has 0 fully saturated rings. The van der Waals surface area contributed by atoms with E-state index in [0.29, 0.717) is 30.1 Å². The van der Waals surface area contributed by atoms with Gasteiger partial charge in [0.1, 0.15) is 0 Å². The second-order valence-corrected chi connectivity index (χ2v) is 8.26. The molecule has 146 valence electrons.